The quantitative estimate of drug-likeness (QED) is 0.609. The highest BCUT2D eigenvalue weighted by molar-refractivity contribution is 5.87. The summed E-state index contributed by atoms with van der Waals surface area (Å²) >= 11 is 0. The predicted octanol–water partition coefficient (Wildman–Crippen LogP) is 3.90. The first kappa shape index (κ1) is 13.2. The van der Waals surface area contributed by atoms with Crippen LogP contribution < -0.4 is 0 Å². The smallest absolute Gasteiger partial charge is 0.193 e. The average molecular weight is 304 g/mol. The number of aromatic nitrogens is 3. The van der Waals surface area contributed by atoms with Gasteiger partial charge in [0.2, 0.25) is 0 Å². The summed E-state index contributed by atoms with van der Waals surface area (Å²) < 4.78 is 19.7. The number of hydrogen-bond donors (Lipinski definition) is 1. The van der Waals surface area contributed by atoms with Gasteiger partial charge in [0.1, 0.15) is 17.5 Å². The number of nitriles is 1. The fourth-order valence-corrected chi connectivity index (χ4v) is 2.49. The fourth-order valence-electron chi connectivity index (χ4n) is 2.49. The Bertz CT molecular complexity index is 1060. The van der Waals surface area contributed by atoms with Crippen LogP contribution >= 0.6 is 0 Å². The molecular formula is C17H9FN4O. The fraction of sp³-hybridized carbons (Fsp3) is 0. The third-order valence-electron chi connectivity index (χ3n) is 3.59. The second-order valence-corrected chi connectivity index (χ2v) is 4.98. The molecule has 0 aliphatic rings. The topological polar surface area (TPSA) is 78.5 Å². The molecule has 5 nitrogen and oxygen atoms in total. The molecule has 0 spiro atoms. The zero-order chi connectivity index (χ0) is 15.8. The van der Waals surface area contributed by atoms with E-state index in [-0.39, 0.29) is 11.5 Å². The molecule has 2 aromatic carbocycles. The average Bonchev–Trinajstić information content (AvgIpc) is 3.20. The van der Waals surface area contributed by atoms with Gasteiger partial charge in [-0.2, -0.15) is 15.6 Å². The number of aromatic amines is 1. The number of fused-ring (bicyclic) bond motifs is 1. The normalized spacial score (nSPS) is 10.8. The standard InChI is InChI=1S/C17H9FN4O/c18-13-4-2-1-3-12(13)10-5-6-11-8-16(23-15(11)7-10)17-14(9-19)20-22-21-17/h1-8H,(H,20,21,22). The lowest BCUT2D eigenvalue weighted by Crippen LogP contribution is -1.82. The molecule has 0 atom stereocenters. The summed E-state index contributed by atoms with van der Waals surface area (Å²) in [6.07, 6.45) is 0. The molecule has 4 aromatic rings. The molecule has 0 saturated heterocycles. The largest absolute Gasteiger partial charge is 0.454 e. The Morgan fingerprint density at radius 3 is 2.78 bits per heavy atom. The summed E-state index contributed by atoms with van der Waals surface area (Å²) in [7, 11) is 0. The van der Waals surface area contributed by atoms with Gasteiger partial charge in [0, 0.05) is 10.9 Å². The first-order valence-corrected chi connectivity index (χ1v) is 6.86. The first-order valence-electron chi connectivity index (χ1n) is 6.86. The lowest BCUT2D eigenvalue weighted by molar-refractivity contribution is 0.627. The second-order valence-electron chi connectivity index (χ2n) is 4.98. The first-order chi connectivity index (χ1) is 11.3. The maximum absolute atomic E-state index is 13.9. The maximum Gasteiger partial charge on any atom is 0.193 e. The number of nitrogens with zero attached hydrogens (tertiary/aromatic N) is 3. The van der Waals surface area contributed by atoms with Crippen molar-refractivity contribution in [1.82, 2.24) is 15.4 Å². The van der Waals surface area contributed by atoms with Crippen molar-refractivity contribution in [2.45, 2.75) is 0 Å². The third-order valence-corrected chi connectivity index (χ3v) is 3.59. The second kappa shape index (κ2) is 5.07. The van der Waals surface area contributed by atoms with E-state index in [0.717, 1.165) is 10.9 Å². The molecule has 0 unspecified atom stereocenters. The van der Waals surface area contributed by atoms with Gasteiger partial charge >= 0.3 is 0 Å². The molecule has 0 bridgehead atoms. The number of H-pyrrole nitrogens is 1. The monoisotopic (exact) mass is 304 g/mol. The van der Waals surface area contributed by atoms with E-state index in [0.29, 0.717) is 22.6 Å². The SMILES string of the molecule is N#Cc1n[nH]nc1-c1cc2ccc(-c3ccccc3F)cc2o1. The van der Waals surface area contributed by atoms with E-state index in [1.165, 1.54) is 6.07 Å². The van der Waals surface area contributed by atoms with Gasteiger partial charge in [0.15, 0.2) is 17.1 Å². The minimum absolute atomic E-state index is 0.165. The Morgan fingerprint density at radius 2 is 1.96 bits per heavy atom. The molecule has 1 N–H and O–H groups in total. The number of furan rings is 1. The molecule has 0 aliphatic carbocycles. The van der Waals surface area contributed by atoms with Crippen molar-refractivity contribution in [2.75, 3.05) is 0 Å². The zero-order valence-electron chi connectivity index (χ0n) is 11.7. The summed E-state index contributed by atoms with van der Waals surface area (Å²) in [4.78, 5) is 0. The van der Waals surface area contributed by atoms with E-state index in [1.54, 1.807) is 30.3 Å². The summed E-state index contributed by atoms with van der Waals surface area (Å²) in [5.41, 5.74) is 2.34. The van der Waals surface area contributed by atoms with Crippen LogP contribution in [0.5, 0.6) is 0 Å². The van der Waals surface area contributed by atoms with Crippen molar-refractivity contribution in [1.29, 1.82) is 5.26 Å². The van der Waals surface area contributed by atoms with Crippen LogP contribution in [0.25, 0.3) is 33.6 Å². The van der Waals surface area contributed by atoms with Crippen LogP contribution in [0.1, 0.15) is 5.69 Å². The van der Waals surface area contributed by atoms with E-state index in [4.69, 9.17) is 9.68 Å². The summed E-state index contributed by atoms with van der Waals surface area (Å²) in [5, 5.41) is 19.9. The van der Waals surface area contributed by atoms with Crippen LogP contribution in [0.15, 0.2) is 52.9 Å². The zero-order valence-corrected chi connectivity index (χ0v) is 11.7. The molecule has 6 heteroatoms. The van der Waals surface area contributed by atoms with Gasteiger partial charge in [-0.05, 0) is 23.8 Å². The van der Waals surface area contributed by atoms with E-state index in [2.05, 4.69) is 15.4 Å². The van der Waals surface area contributed by atoms with Gasteiger partial charge in [0.25, 0.3) is 0 Å². The van der Waals surface area contributed by atoms with E-state index in [9.17, 15) is 4.39 Å². The lowest BCUT2D eigenvalue weighted by atomic mass is 10.0. The van der Waals surface area contributed by atoms with Crippen molar-refractivity contribution in [2.24, 2.45) is 0 Å². The lowest BCUT2D eigenvalue weighted by Gasteiger charge is -2.02. The van der Waals surface area contributed by atoms with Gasteiger partial charge < -0.3 is 4.42 Å². The van der Waals surface area contributed by atoms with Crippen molar-refractivity contribution < 1.29 is 8.81 Å². The van der Waals surface area contributed by atoms with E-state index in [1.807, 2.05) is 18.2 Å². The number of nitrogens with one attached hydrogen (secondary N) is 1. The molecule has 0 aliphatic heterocycles. The van der Waals surface area contributed by atoms with E-state index >= 15 is 0 Å². The molecule has 2 aromatic heterocycles. The molecule has 110 valence electrons. The molecule has 0 radical (unpaired) electrons. The molecule has 23 heavy (non-hydrogen) atoms. The summed E-state index contributed by atoms with van der Waals surface area (Å²) in [6, 6.07) is 15.7. The Kier molecular flexibility index (Phi) is 2.91. The highest BCUT2D eigenvalue weighted by Crippen LogP contribution is 2.31. The predicted molar refractivity (Wildman–Crippen MR) is 81.7 cm³/mol. The van der Waals surface area contributed by atoms with Crippen LogP contribution in [-0.2, 0) is 0 Å². The third kappa shape index (κ3) is 2.15. The highest BCUT2D eigenvalue weighted by atomic mass is 19.1. The minimum atomic E-state index is -0.290. The highest BCUT2D eigenvalue weighted by Gasteiger charge is 2.15. The molecule has 2 heterocycles. The molecular weight excluding hydrogens is 295 g/mol. The van der Waals surface area contributed by atoms with Crippen LogP contribution in [0.4, 0.5) is 4.39 Å². The summed E-state index contributed by atoms with van der Waals surface area (Å²) in [5.74, 6) is 0.151. The maximum atomic E-state index is 13.9. The van der Waals surface area contributed by atoms with Gasteiger partial charge in [-0.3, -0.25) is 0 Å². The Labute approximate surface area is 130 Å². The van der Waals surface area contributed by atoms with Gasteiger partial charge in [-0.25, -0.2) is 4.39 Å². The van der Waals surface area contributed by atoms with E-state index < -0.39 is 0 Å². The van der Waals surface area contributed by atoms with Crippen molar-refractivity contribution in [3.63, 3.8) is 0 Å². The number of benzene rings is 2. The number of rotatable bonds is 2. The number of halogens is 1. The summed E-state index contributed by atoms with van der Waals surface area (Å²) in [6.45, 7) is 0. The van der Waals surface area contributed by atoms with Crippen molar-refractivity contribution >= 4 is 11.0 Å². The van der Waals surface area contributed by atoms with Crippen molar-refractivity contribution in [3.8, 4) is 28.7 Å². The minimum Gasteiger partial charge on any atom is -0.454 e. The van der Waals surface area contributed by atoms with Gasteiger partial charge in [-0.1, -0.05) is 30.3 Å². The number of hydrogen-bond acceptors (Lipinski definition) is 4. The van der Waals surface area contributed by atoms with Crippen molar-refractivity contribution in [3.05, 3.63) is 60.0 Å². The molecule has 4 rings (SSSR count). The Hall–Kier alpha value is -3.46. The van der Waals surface area contributed by atoms with Gasteiger partial charge in [0.05, 0.1) is 0 Å². The Balaban J connectivity index is 1.85. The van der Waals surface area contributed by atoms with Crippen LogP contribution in [-0.4, -0.2) is 15.4 Å². The molecule has 0 saturated carbocycles. The van der Waals surface area contributed by atoms with Crippen LogP contribution in [0.2, 0.25) is 0 Å². The Morgan fingerprint density at radius 1 is 1.09 bits per heavy atom. The van der Waals surface area contributed by atoms with Gasteiger partial charge in [-0.15, -0.1) is 5.10 Å². The molecule has 0 amide bonds. The van der Waals surface area contributed by atoms with Crippen LogP contribution in [0, 0.1) is 17.1 Å². The molecule has 0 fully saturated rings. The van der Waals surface area contributed by atoms with Crippen LogP contribution in [0.3, 0.4) is 0 Å².